The summed E-state index contributed by atoms with van der Waals surface area (Å²) in [7, 11) is 0. The summed E-state index contributed by atoms with van der Waals surface area (Å²) in [6.45, 7) is 7.73. The lowest BCUT2D eigenvalue weighted by Gasteiger charge is -2.21. The van der Waals surface area contributed by atoms with Gasteiger partial charge in [-0.15, -0.1) is 11.3 Å². The largest absolute Gasteiger partial charge is 0.494 e. The Bertz CT molecular complexity index is 567. The van der Waals surface area contributed by atoms with Gasteiger partial charge in [-0.1, -0.05) is 36.2 Å². The highest BCUT2D eigenvalue weighted by atomic mass is 35.5. The van der Waals surface area contributed by atoms with Crippen molar-refractivity contribution in [3.05, 3.63) is 50.7 Å². The molecule has 2 rings (SSSR count). The fourth-order valence-corrected chi connectivity index (χ4v) is 3.50. The molecule has 1 atom stereocenters. The number of thiophene rings is 1. The molecule has 0 fully saturated rings. The van der Waals surface area contributed by atoms with E-state index in [1.165, 1.54) is 5.56 Å². The molecule has 4 heteroatoms. The Labute approximate surface area is 129 Å². The maximum absolute atomic E-state index is 6.32. The quantitative estimate of drug-likeness (QED) is 0.827. The summed E-state index contributed by atoms with van der Waals surface area (Å²) in [6.07, 6.45) is 0. The Balaban J connectivity index is 2.48. The van der Waals surface area contributed by atoms with E-state index in [4.69, 9.17) is 16.3 Å². The van der Waals surface area contributed by atoms with Gasteiger partial charge in [-0.2, -0.15) is 0 Å². The topological polar surface area (TPSA) is 21.3 Å². The van der Waals surface area contributed by atoms with Crippen molar-refractivity contribution < 1.29 is 4.74 Å². The molecule has 0 radical (unpaired) electrons. The van der Waals surface area contributed by atoms with E-state index in [0.29, 0.717) is 6.61 Å². The summed E-state index contributed by atoms with van der Waals surface area (Å²) >= 11 is 7.99. The molecule has 0 aliphatic carbocycles. The Kier molecular flexibility index (Phi) is 5.46. The van der Waals surface area contributed by atoms with Crippen LogP contribution >= 0.6 is 22.9 Å². The first-order valence-corrected chi connectivity index (χ1v) is 8.12. The zero-order valence-corrected chi connectivity index (χ0v) is 13.6. The van der Waals surface area contributed by atoms with Crippen LogP contribution in [0.5, 0.6) is 5.75 Å². The molecule has 0 saturated heterocycles. The van der Waals surface area contributed by atoms with Crippen LogP contribution in [0.4, 0.5) is 0 Å². The standard InChI is InChI=1S/C16H20ClNOS/c1-4-18-15(16-13(17)8-9-20-16)12-10-11(3)6-7-14(12)19-5-2/h6-10,15,18H,4-5H2,1-3H3. The van der Waals surface area contributed by atoms with E-state index in [1.54, 1.807) is 11.3 Å². The minimum Gasteiger partial charge on any atom is -0.494 e. The van der Waals surface area contributed by atoms with Gasteiger partial charge in [0.1, 0.15) is 5.75 Å². The van der Waals surface area contributed by atoms with E-state index < -0.39 is 0 Å². The highest BCUT2D eigenvalue weighted by molar-refractivity contribution is 7.10. The van der Waals surface area contributed by atoms with Crippen LogP contribution in [-0.2, 0) is 0 Å². The van der Waals surface area contributed by atoms with E-state index >= 15 is 0 Å². The number of benzene rings is 1. The first-order valence-electron chi connectivity index (χ1n) is 6.87. The van der Waals surface area contributed by atoms with Crippen LogP contribution in [0.25, 0.3) is 0 Å². The van der Waals surface area contributed by atoms with E-state index in [1.807, 2.05) is 24.4 Å². The molecular formula is C16H20ClNOS. The van der Waals surface area contributed by atoms with Crippen molar-refractivity contribution in [2.75, 3.05) is 13.2 Å². The fourth-order valence-electron chi connectivity index (χ4n) is 2.24. The van der Waals surface area contributed by atoms with Crippen molar-refractivity contribution in [3.63, 3.8) is 0 Å². The van der Waals surface area contributed by atoms with Crippen LogP contribution in [-0.4, -0.2) is 13.2 Å². The number of nitrogens with one attached hydrogen (secondary N) is 1. The van der Waals surface area contributed by atoms with E-state index in [2.05, 4.69) is 31.3 Å². The number of hydrogen-bond donors (Lipinski definition) is 1. The van der Waals surface area contributed by atoms with E-state index in [9.17, 15) is 0 Å². The maximum Gasteiger partial charge on any atom is 0.124 e. The third-order valence-electron chi connectivity index (χ3n) is 3.09. The Morgan fingerprint density at radius 2 is 2.10 bits per heavy atom. The van der Waals surface area contributed by atoms with Crippen LogP contribution in [0.1, 0.15) is 35.9 Å². The molecule has 0 spiro atoms. The van der Waals surface area contributed by atoms with Gasteiger partial charge in [0.25, 0.3) is 0 Å². The van der Waals surface area contributed by atoms with Gasteiger partial charge in [0.15, 0.2) is 0 Å². The number of halogens is 1. The lowest BCUT2D eigenvalue weighted by molar-refractivity contribution is 0.333. The molecule has 108 valence electrons. The summed E-state index contributed by atoms with van der Waals surface area (Å²) in [4.78, 5) is 1.14. The second kappa shape index (κ2) is 7.11. The highest BCUT2D eigenvalue weighted by Gasteiger charge is 2.21. The van der Waals surface area contributed by atoms with E-state index in [-0.39, 0.29) is 6.04 Å². The minimum atomic E-state index is 0.0777. The molecule has 0 aliphatic heterocycles. The van der Waals surface area contributed by atoms with Crippen LogP contribution in [0.15, 0.2) is 29.6 Å². The average molecular weight is 310 g/mol. The minimum absolute atomic E-state index is 0.0777. The second-order valence-electron chi connectivity index (χ2n) is 4.60. The summed E-state index contributed by atoms with van der Waals surface area (Å²) in [5.41, 5.74) is 2.37. The first kappa shape index (κ1) is 15.4. The molecule has 20 heavy (non-hydrogen) atoms. The molecule has 2 aromatic rings. The number of ether oxygens (including phenoxy) is 1. The zero-order chi connectivity index (χ0) is 14.5. The molecule has 0 bridgehead atoms. The maximum atomic E-state index is 6.32. The van der Waals surface area contributed by atoms with Gasteiger partial charge in [0, 0.05) is 10.4 Å². The third-order valence-corrected chi connectivity index (χ3v) is 4.51. The molecule has 0 saturated carbocycles. The van der Waals surface area contributed by atoms with Gasteiger partial charge in [0.2, 0.25) is 0 Å². The van der Waals surface area contributed by atoms with Crippen molar-refractivity contribution in [1.29, 1.82) is 0 Å². The Hall–Kier alpha value is -1.03. The van der Waals surface area contributed by atoms with Gasteiger partial charge in [-0.05, 0) is 37.9 Å². The monoisotopic (exact) mass is 309 g/mol. The SMILES string of the molecule is CCNC(c1cc(C)ccc1OCC)c1sccc1Cl. The lowest BCUT2D eigenvalue weighted by Crippen LogP contribution is -2.22. The molecular weight excluding hydrogens is 290 g/mol. The van der Waals surface area contributed by atoms with Gasteiger partial charge in [-0.25, -0.2) is 0 Å². The molecule has 1 N–H and O–H groups in total. The zero-order valence-electron chi connectivity index (χ0n) is 12.1. The normalized spacial score (nSPS) is 12.4. The Morgan fingerprint density at radius 1 is 1.30 bits per heavy atom. The van der Waals surface area contributed by atoms with Crippen molar-refractivity contribution in [1.82, 2.24) is 5.32 Å². The molecule has 1 aromatic heterocycles. The van der Waals surface area contributed by atoms with Crippen LogP contribution in [0, 0.1) is 6.92 Å². The molecule has 1 heterocycles. The fraction of sp³-hybridized carbons (Fsp3) is 0.375. The number of aryl methyl sites for hydroxylation is 1. The third kappa shape index (κ3) is 3.35. The second-order valence-corrected chi connectivity index (χ2v) is 5.95. The Morgan fingerprint density at radius 3 is 2.70 bits per heavy atom. The molecule has 0 aliphatic rings. The first-order chi connectivity index (χ1) is 9.67. The van der Waals surface area contributed by atoms with E-state index in [0.717, 1.165) is 27.8 Å². The number of hydrogen-bond acceptors (Lipinski definition) is 3. The van der Waals surface area contributed by atoms with Gasteiger partial charge >= 0.3 is 0 Å². The van der Waals surface area contributed by atoms with Crippen molar-refractivity contribution >= 4 is 22.9 Å². The van der Waals surface area contributed by atoms with Crippen LogP contribution in [0.3, 0.4) is 0 Å². The summed E-state index contributed by atoms with van der Waals surface area (Å²) < 4.78 is 5.78. The van der Waals surface area contributed by atoms with Gasteiger partial charge in [-0.3, -0.25) is 0 Å². The predicted molar refractivity (Wildman–Crippen MR) is 87.2 cm³/mol. The number of rotatable bonds is 6. The molecule has 0 amide bonds. The predicted octanol–water partition coefficient (Wildman–Crippen LogP) is 4.81. The summed E-state index contributed by atoms with van der Waals surface area (Å²) in [5, 5.41) is 6.35. The summed E-state index contributed by atoms with van der Waals surface area (Å²) in [6, 6.07) is 8.32. The van der Waals surface area contributed by atoms with Crippen molar-refractivity contribution in [2.45, 2.75) is 26.8 Å². The van der Waals surface area contributed by atoms with Crippen molar-refractivity contribution in [2.24, 2.45) is 0 Å². The molecule has 2 nitrogen and oxygen atoms in total. The smallest absolute Gasteiger partial charge is 0.124 e. The summed E-state index contributed by atoms with van der Waals surface area (Å²) in [5.74, 6) is 0.925. The van der Waals surface area contributed by atoms with Crippen LogP contribution < -0.4 is 10.1 Å². The molecule has 1 unspecified atom stereocenters. The van der Waals surface area contributed by atoms with Gasteiger partial charge < -0.3 is 10.1 Å². The average Bonchev–Trinajstić information content (AvgIpc) is 2.85. The lowest BCUT2D eigenvalue weighted by atomic mass is 10.0. The van der Waals surface area contributed by atoms with Crippen LogP contribution in [0.2, 0.25) is 5.02 Å². The van der Waals surface area contributed by atoms with Crippen molar-refractivity contribution in [3.8, 4) is 5.75 Å². The van der Waals surface area contributed by atoms with Gasteiger partial charge in [0.05, 0.1) is 17.7 Å². The molecule has 1 aromatic carbocycles. The highest BCUT2D eigenvalue weighted by Crippen LogP contribution is 2.37.